The first kappa shape index (κ1) is 23.8. The maximum atomic E-state index is 12.8. The normalized spacial score (nSPS) is 12.4. The molecule has 0 unspecified atom stereocenters. The van der Waals surface area contributed by atoms with Crippen LogP contribution in [0.2, 0.25) is 0 Å². The molecule has 31 heavy (non-hydrogen) atoms. The average molecular weight is 439 g/mol. The van der Waals surface area contributed by atoms with Crippen molar-refractivity contribution in [3.05, 3.63) is 72.5 Å². The van der Waals surface area contributed by atoms with Gasteiger partial charge in [0.2, 0.25) is 5.76 Å². The average Bonchev–Trinajstić information content (AvgIpc) is 3.19. The van der Waals surface area contributed by atoms with E-state index in [0.29, 0.717) is 25.1 Å². The zero-order valence-corrected chi connectivity index (χ0v) is 17.3. The van der Waals surface area contributed by atoms with Gasteiger partial charge in [0.15, 0.2) is 5.69 Å². The summed E-state index contributed by atoms with van der Waals surface area (Å²) in [7, 11) is 0. The lowest BCUT2D eigenvalue weighted by molar-refractivity contribution is -0.132. The third-order valence-corrected chi connectivity index (χ3v) is 3.63. The van der Waals surface area contributed by atoms with E-state index in [1.54, 1.807) is 47.3 Å². The highest BCUT2D eigenvalue weighted by Crippen LogP contribution is 2.27. The molecule has 1 aromatic heterocycles. The lowest BCUT2D eigenvalue weighted by Gasteiger charge is -2.12. The Morgan fingerprint density at radius 3 is 2.45 bits per heavy atom. The zero-order valence-electron chi connectivity index (χ0n) is 17.3. The van der Waals surface area contributed by atoms with Gasteiger partial charge in [0.25, 0.3) is 5.90 Å². The second kappa shape index (κ2) is 11.7. The molecule has 0 saturated carbocycles. The Kier molecular flexibility index (Phi) is 8.98. The van der Waals surface area contributed by atoms with Crippen LogP contribution in [0.5, 0.6) is 5.75 Å². The second-order valence-corrected chi connectivity index (χ2v) is 5.99. The van der Waals surface area contributed by atoms with Crippen molar-refractivity contribution in [2.24, 2.45) is 5.16 Å². The van der Waals surface area contributed by atoms with Gasteiger partial charge in [-0.25, -0.2) is 0 Å². The highest BCUT2D eigenvalue weighted by atomic mass is 19.4. The number of oxime groups is 1. The molecule has 1 heterocycles. The minimum Gasteiger partial charge on any atom is -0.487 e. The lowest BCUT2D eigenvalue weighted by Crippen LogP contribution is -2.15. The number of alkyl halides is 3. The Hall–Kier alpha value is -3.43. The molecule has 0 aliphatic carbocycles. The number of rotatable bonds is 11. The Balaban J connectivity index is 2.03. The summed E-state index contributed by atoms with van der Waals surface area (Å²) in [6.45, 7) is 7.80. The van der Waals surface area contributed by atoms with Crippen molar-refractivity contribution < 1.29 is 32.2 Å². The van der Waals surface area contributed by atoms with E-state index in [1.807, 2.05) is 6.92 Å². The molecule has 0 spiro atoms. The predicted molar refractivity (Wildman–Crippen MR) is 108 cm³/mol. The fourth-order valence-electron chi connectivity index (χ4n) is 2.32. The van der Waals surface area contributed by atoms with E-state index in [4.69, 9.17) is 14.3 Å². The molecular weight excluding hydrogens is 415 g/mol. The van der Waals surface area contributed by atoms with Gasteiger partial charge < -0.3 is 19.0 Å². The van der Waals surface area contributed by atoms with Crippen LogP contribution in [-0.4, -0.2) is 41.7 Å². The highest BCUT2D eigenvalue weighted by Gasteiger charge is 2.36. The number of hydrogen-bond acceptors (Lipinski definition) is 6. The van der Waals surface area contributed by atoms with Crippen molar-refractivity contribution in [1.82, 2.24) is 9.78 Å². The van der Waals surface area contributed by atoms with Crippen LogP contribution in [0.15, 0.2) is 66.4 Å². The zero-order chi connectivity index (χ0) is 22.7. The Labute approximate surface area is 178 Å². The topological polar surface area (TPSA) is 67.1 Å². The smallest absolute Gasteiger partial charge is 0.452 e. The van der Waals surface area contributed by atoms with Crippen LogP contribution in [0.4, 0.5) is 13.2 Å². The molecule has 7 nitrogen and oxygen atoms in total. The van der Waals surface area contributed by atoms with E-state index in [9.17, 15) is 13.2 Å². The Bertz CT molecular complexity index is 890. The predicted octanol–water partition coefficient (Wildman–Crippen LogP) is 4.65. The third-order valence-electron chi connectivity index (χ3n) is 3.63. The molecule has 2 aromatic rings. The minimum absolute atomic E-state index is 0.115. The molecule has 0 N–H and O–H groups in total. The van der Waals surface area contributed by atoms with E-state index >= 15 is 0 Å². The number of aromatic nitrogens is 2. The minimum atomic E-state index is -4.62. The SMILES string of the molecule is C=CCO/N=C(/OCC)c1ccn(Cc2ccc(O/C=C(\OCC)C(F)(F)F)cc2)n1. The van der Waals surface area contributed by atoms with Gasteiger partial charge in [-0.05, 0) is 42.8 Å². The molecule has 10 heteroatoms. The van der Waals surface area contributed by atoms with Crippen molar-refractivity contribution in [2.45, 2.75) is 26.6 Å². The summed E-state index contributed by atoms with van der Waals surface area (Å²) in [6.07, 6.45) is -0.743. The molecule has 0 aliphatic heterocycles. The first-order valence-electron chi connectivity index (χ1n) is 9.50. The fraction of sp³-hybridized carbons (Fsp3) is 0.333. The van der Waals surface area contributed by atoms with Gasteiger partial charge in [-0.15, -0.1) is 0 Å². The van der Waals surface area contributed by atoms with Crippen LogP contribution in [0.25, 0.3) is 0 Å². The fourth-order valence-corrected chi connectivity index (χ4v) is 2.32. The molecule has 0 bridgehead atoms. The van der Waals surface area contributed by atoms with Crippen molar-refractivity contribution in [3.8, 4) is 5.75 Å². The first-order chi connectivity index (χ1) is 14.9. The van der Waals surface area contributed by atoms with Crippen molar-refractivity contribution in [2.75, 3.05) is 19.8 Å². The highest BCUT2D eigenvalue weighted by molar-refractivity contribution is 5.91. The molecule has 2 rings (SSSR count). The summed E-state index contributed by atoms with van der Waals surface area (Å²) >= 11 is 0. The second-order valence-electron chi connectivity index (χ2n) is 5.99. The number of allylic oxidation sites excluding steroid dienone is 1. The molecule has 168 valence electrons. The molecule has 0 amide bonds. The summed E-state index contributed by atoms with van der Waals surface area (Å²) in [5.74, 6) is -0.683. The number of hydrogen-bond donors (Lipinski definition) is 0. The maximum Gasteiger partial charge on any atom is 0.452 e. The monoisotopic (exact) mass is 439 g/mol. The largest absolute Gasteiger partial charge is 0.487 e. The number of ether oxygens (including phenoxy) is 3. The summed E-state index contributed by atoms with van der Waals surface area (Å²) in [5.41, 5.74) is 1.37. The maximum absolute atomic E-state index is 12.8. The summed E-state index contributed by atoms with van der Waals surface area (Å²) in [6, 6.07) is 8.31. The van der Waals surface area contributed by atoms with E-state index in [2.05, 4.69) is 21.6 Å². The van der Waals surface area contributed by atoms with E-state index in [0.717, 1.165) is 5.56 Å². The lowest BCUT2D eigenvalue weighted by atomic mass is 10.2. The van der Waals surface area contributed by atoms with Crippen LogP contribution in [-0.2, 0) is 20.9 Å². The van der Waals surface area contributed by atoms with Gasteiger partial charge in [-0.2, -0.15) is 18.3 Å². The Morgan fingerprint density at radius 2 is 1.84 bits per heavy atom. The summed E-state index contributed by atoms with van der Waals surface area (Å²) in [4.78, 5) is 5.07. The van der Waals surface area contributed by atoms with Gasteiger partial charge in [0, 0.05) is 6.20 Å². The van der Waals surface area contributed by atoms with E-state index < -0.39 is 11.9 Å². The van der Waals surface area contributed by atoms with E-state index in [-0.39, 0.29) is 24.9 Å². The third kappa shape index (κ3) is 7.72. The molecule has 0 radical (unpaired) electrons. The van der Waals surface area contributed by atoms with Crippen LogP contribution in [0.1, 0.15) is 25.1 Å². The summed E-state index contributed by atoms with van der Waals surface area (Å²) < 4.78 is 55.2. The van der Waals surface area contributed by atoms with Gasteiger partial charge in [0.1, 0.15) is 18.6 Å². The quantitative estimate of drug-likeness (QED) is 0.127. The molecule has 0 aliphatic rings. The van der Waals surface area contributed by atoms with Gasteiger partial charge in [0.05, 0.1) is 19.8 Å². The molecular formula is C21H24F3N3O4. The number of nitrogens with zero attached hydrogens (tertiary/aromatic N) is 3. The number of halogens is 3. The number of benzene rings is 1. The van der Waals surface area contributed by atoms with Gasteiger partial charge in [-0.1, -0.05) is 24.8 Å². The van der Waals surface area contributed by atoms with Crippen molar-refractivity contribution in [1.29, 1.82) is 0 Å². The van der Waals surface area contributed by atoms with E-state index in [1.165, 1.54) is 6.92 Å². The Morgan fingerprint density at radius 1 is 1.13 bits per heavy atom. The van der Waals surface area contributed by atoms with Crippen LogP contribution in [0.3, 0.4) is 0 Å². The molecule has 0 saturated heterocycles. The first-order valence-corrected chi connectivity index (χ1v) is 9.50. The van der Waals surface area contributed by atoms with Crippen LogP contribution < -0.4 is 4.74 Å². The molecule has 0 atom stereocenters. The molecule has 0 fully saturated rings. The standard InChI is InChI=1S/C21H24F3N3O4/c1-4-13-31-26-20(29-6-3)18-11-12-27(25-18)14-16-7-9-17(10-8-16)30-15-19(28-5-2)21(22,23)24/h4,7-12,15H,1,5-6,13-14H2,2-3H3/b19-15-,26-20+. The van der Waals surface area contributed by atoms with Crippen LogP contribution in [0, 0.1) is 0 Å². The molecule has 1 aromatic carbocycles. The van der Waals surface area contributed by atoms with Crippen molar-refractivity contribution >= 4 is 5.90 Å². The van der Waals surface area contributed by atoms with Crippen LogP contribution >= 0.6 is 0 Å². The van der Waals surface area contributed by atoms with Gasteiger partial charge in [-0.3, -0.25) is 4.68 Å². The summed E-state index contributed by atoms with van der Waals surface area (Å²) in [5, 5.41) is 8.31. The van der Waals surface area contributed by atoms with Gasteiger partial charge >= 0.3 is 6.18 Å². The van der Waals surface area contributed by atoms with Crippen molar-refractivity contribution in [3.63, 3.8) is 0 Å².